The van der Waals surface area contributed by atoms with Crippen LogP contribution in [-0.4, -0.2) is 27.7 Å². The minimum absolute atomic E-state index is 0.0646. The maximum Gasteiger partial charge on any atom is 0.416 e. The van der Waals surface area contributed by atoms with Crippen molar-refractivity contribution >= 4 is 11.9 Å². The average Bonchev–Trinajstić information content (AvgIpc) is 2.78. The molecule has 2 aromatic carbocycles. The summed E-state index contributed by atoms with van der Waals surface area (Å²) < 4.78 is 5.78. The highest BCUT2D eigenvalue weighted by Gasteiger charge is 2.36. The lowest BCUT2D eigenvalue weighted by molar-refractivity contribution is 0.0559. The average molecular weight is 456 g/mol. The van der Waals surface area contributed by atoms with Crippen LogP contribution < -0.4 is 4.90 Å². The molecule has 4 rings (SSSR count). The molecule has 0 radical (unpaired) electrons. The van der Waals surface area contributed by atoms with Gasteiger partial charge in [-0.2, -0.15) is 0 Å². The molecule has 5 nitrogen and oxygen atoms in total. The van der Waals surface area contributed by atoms with Crippen LogP contribution in [0.15, 0.2) is 61.2 Å². The number of aromatic nitrogens is 2. The Morgan fingerprint density at radius 3 is 2.03 bits per heavy atom. The molecular weight excluding hydrogens is 422 g/mol. The van der Waals surface area contributed by atoms with Gasteiger partial charge < -0.3 is 4.74 Å². The van der Waals surface area contributed by atoms with Crippen LogP contribution in [0.5, 0.6) is 0 Å². The van der Waals surface area contributed by atoms with Crippen LogP contribution in [0.1, 0.15) is 50.4 Å². The van der Waals surface area contributed by atoms with Crippen molar-refractivity contribution in [3.05, 3.63) is 78.0 Å². The first-order valence-electron chi connectivity index (χ1n) is 11.8. The van der Waals surface area contributed by atoms with Crippen molar-refractivity contribution in [1.82, 2.24) is 9.97 Å². The first kappa shape index (κ1) is 23.7. The van der Waals surface area contributed by atoms with E-state index < -0.39 is 11.7 Å². The van der Waals surface area contributed by atoms with Crippen molar-refractivity contribution in [2.24, 2.45) is 0 Å². The SMILES string of the molecule is C=CCC1CCc2nc(-c3ccc(C)cc3)c(-c3ccc(C)cc3)nc2N1C(=O)OC(C)(C)C. The van der Waals surface area contributed by atoms with E-state index in [2.05, 4.69) is 69.0 Å². The summed E-state index contributed by atoms with van der Waals surface area (Å²) in [6.07, 6.45) is 3.65. The molecule has 3 aromatic rings. The minimum atomic E-state index is -0.609. The van der Waals surface area contributed by atoms with Gasteiger partial charge in [-0.05, 0) is 53.9 Å². The Labute approximate surface area is 202 Å². The normalized spacial score (nSPS) is 15.6. The number of carbonyl (C=O) groups excluding carboxylic acids is 1. The number of hydrogen-bond donors (Lipinski definition) is 0. The lowest BCUT2D eigenvalue weighted by atomic mass is 9.97. The number of fused-ring (bicyclic) bond motifs is 1. The molecule has 1 atom stereocenters. The molecule has 0 saturated heterocycles. The van der Waals surface area contributed by atoms with Gasteiger partial charge in [0.25, 0.3) is 0 Å². The van der Waals surface area contributed by atoms with E-state index in [1.807, 2.05) is 26.8 Å². The van der Waals surface area contributed by atoms with E-state index in [9.17, 15) is 4.79 Å². The van der Waals surface area contributed by atoms with Crippen LogP contribution in [0.4, 0.5) is 10.6 Å². The Balaban J connectivity index is 1.91. The van der Waals surface area contributed by atoms with Crippen LogP contribution >= 0.6 is 0 Å². The third kappa shape index (κ3) is 5.04. The maximum absolute atomic E-state index is 13.3. The quantitative estimate of drug-likeness (QED) is 0.395. The van der Waals surface area contributed by atoms with Gasteiger partial charge in [0.1, 0.15) is 5.60 Å². The van der Waals surface area contributed by atoms with Crippen molar-refractivity contribution in [3.8, 4) is 22.5 Å². The monoisotopic (exact) mass is 455 g/mol. The number of anilines is 1. The Bertz CT molecular complexity index is 1190. The molecule has 0 aliphatic carbocycles. The maximum atomic E-state index is 13.3. The predicted octanol–water partition coefficient (Wildman–Crippen LogP) is 7.06. The molecule has 0 spiro atoms. The van der Waals surface area contributed by atoms with Crippen molar-refractivity contribution in [2.75, 3.05) is 4.90 Å². The van der Waals surface area contributed by atoms with E-state index >= 15 is 0 Å². The molecule has 1 aromatic heterocycles. The number of hydrogen-bond acceptors (Lipinski definition) is 4. The Morgan fingerprint density at radius 2 is 1.53 bits per heavy atom. The summed E-state index contributed by atoms with van der Waals surface area (Å²) in [6, 6.07) is 16.5. The topological polar surface area (TPSA) is 55.3 Å². The van der Waals surface area contributed by atoms with Crippen LogP contribution in [0.2, 0.25) is 0 Å². The first-order valence-corrected chi connectivity index (χ1v) is 11.8. The molecule has 1 aliphatic heterocycles. The summed E-state index contributed by atoms with van der Waals surface area (Å²) in [7, 11) is 0. The van der Waals surface area contributed by atoms with E-state index in [0.717, 1.165) is 41.1 Å². The Kier molecular flexibility index (Phi) is 6.56. The van der Waals surface area contributed by atoms with Gasteiger partial charge in [-0.25, -0.2) is 14.8 Å². The molecule has 34 heavy (non-hydrogen) atoms. The van der Waals surface area contributed by atoms with E-state index in [0.29, 0.717) is 12.2 Å². The zero-order chi connectivity index (χ0) is 24.5. The highest BCUT2D eigenvalue weighted by atomic mass is 16.6. The molecule has 1 unspecified atom stereocenters. The Morgan fingerprint density at radius 1 is 1.00 bits per heavy atom. The van der Waals surface area contributed by atoms with Gasteiger partial charge in [0.05, 0.1) is 17.1 Å². The lowest BCUT2D eigenvalue weighted by Gasteiger charge is -2.36. The van der Waals surface area contributed by atoms with E-state index in [1.165, 1.54) is 11.1 Å². The molecule has 0 saturated carbocycles. The van der Waals surface area contributed by atoms with Crippen molar-refractivity contribution < 1.29 is 9.53 Å². The van der Waals surface area contributed by atoms with Crippen LogP contribution in [0, 0.1) is 13.8 Å². The number of benzene rings is 2. The summed E-state index contributed by atoms with van der Waals surface area (Å²) in [4.78, 5) is 25.2. The van der Waals surface area contributed by atoms with Gasteiger partial charge in [-0.3, -0.25) is 4.90 Å². The summed E-state index contributed by atoms with van der Waals surface area (Å²) in [5.74, 6) is 0.582. The molecular formula is C29H33N3O2. The van der Waals surface area contributed by atoms with Gasteiger partial charge in [0.15, 0.2) is 5.82 Å². The Hall–Kier alpha value is -3.47. The molecule has 0 fully saturated rings. The number of amides is 1. The van der Waals surface area contributed by atoms with Gasteiger partial charge in [0, 0.05) is 17.2 Å². The van der Waals surface area contributed by atoms with Crippen molar-refractivity contribution in [2.45, 2.75) is 65.5 Å². The van der Waals surface area contributed by atoms with Crippen molar-refractivity contribution in [3.63, 3.8) is 0 Å². The largest absolute Gasteiger partial charge is 0.443 e. The second-order valence-corrected chi connectivity index (χ2v) is 9.99. The predicted molar refractivity (Wildman–Crippen MR) is 138 cm³/mol. The zero-order valence-electron chi connectivity index (χ0n) is 20.8. The van der Waals surface area contributed by atoms with Crippen LogP contribution in [0.25, 0.3) is 22.5 Å². The lowest BCUT2D eigenvalue weighted by Crippen LogP contribution is -2.47. The molecule has 2 heterocycles. The fourth-order valence-corrected chi connectivity index (χ4v) is 4.21. The van der Waals surface area contributed by atoms with E-state index in [1.54, 1.807) is 4.90 Å². The minimum Gasteiger partial charge on any atom is -0.443 e. The molecule has 5 heteroatoms. The molecule has 0 bridgehead atoms. The summed E-state index contributed by atoms with van der Waals surface area (Å²) in [5.41, 5.74) is 6.13. The summed E-state index contributed by atoms with van der Waals surface area (Å²) >= 11 is 0. The second-order valence-electron chi connectivity index (χ2n) is 9.99. The van der Waals surface area contributed by atoms with Gasteiger partial charge in [0.2, 0.25) is 0 Å². The van der Waals surface area contributed by atoms with Crippen LogP contribution in [-0.2, 0) is 11.2 Å². The molecule has 1 amide bonds. The third-order valence-electron chi connectivity index (χ3n) is 5.93. The van der Waals surface area contributed by atoms with Gasteiger partial charge in [-0.15, -0.1) is 6.58 Å². The number of carbonyl (C=O) groups is 1. The third-order valence-corrected chi connectivity index (χ3v) is 5.93. The van der Waals surface area contributed by atoms with Gasteiger partial charge in [-0.1, -0.05) is 65.7 Å². The molecule has 0 N–H and O–H groups in total. The number of nitrogens with zero attached hydrogens (tertiary/aromatic N) is 3. The number of aryl methyl sites for hydroxylation is 3. The van der Waals surface area contributed by atoms with Gasteiger partial charge >= 0.3 is 6.09 Å². The molecule has 1 aliphatic rings. The number of rotatable bonds is 4. The summed E-state index contributed by atoms with van der Waals surface area (Å²) in [6.45, 7) is 13.7. The summed E-state index contributed by atoms with van der Waals surface area (Å²) in [5, 5.41) is 0. The highest BCUT2D eigenvalue weighted by Crippen LogP contribution is 2.37. The van der Waals surface area contributed by atoms with Crippen molar-refractivity contribution in [1.29, 1.82) is 0 Å². The standard InChI is InChI=1S/C29H33N3O2/c1-7-8-23-17-18-24-27(32(23)28(33)34-29(4,5)6)31-26(22-15-11-20(3)12-16-22)25(30-24)21-13-9-19(2)10-14-21/h7,9-16,23H,1,8,17-18H2,2-6H3. The highest BCUT2D eigenvalue weighted by molar-refractivity contribution is 5.90. The van der Waals surface area contributed by atoms with E-state index in [-0.39, 0.29) is 6.04 Å². The smallest absolute Gasteiger partial charge is 0.416 e. The molecule has 176 valence electrons. The fraction of sp³-hybridized carbons (Fsp3) is 0.345. The van der Waals surface area contributed by atoms with Crippen LogP contribution in [0.3, 0.4) is 0 Å². The first-order chi connectivity index (χ1) is 16.2. The second kappa shape index (κ2) is 9.41. The fourth-order valence-electron chi connectivity index (χ4n) is 4.21. The zero-order valence-corrected chi connectivity index (χ0v) is 20.8. The number of ether oxygens (including phenoxy) is 1. The van der Waals surface area contributed by atoms with E-state index in [4.69, 9.17) is 14.7 Å².